The molecule has 2 bridgehead atoms. The summed E-state index contributed by atoms with van der Waals surface area (Å²) in [4.78, 5) is 27.8. The number of hydrogen-bond acceptors (Lipinski definition) is 3. The third kappa shape index (κ3) is 4.74. The number of carbonyl (C=O) groups is 2. The first-order chi connectivity index (χ1) is 13.7. The molecule has 0 saturated carbocycles. The maximum absolute atomic E-state index is 14.0. The van der Waals surface area contributed by atoms with Gasteiger partial charge < -0.3 is 15.5 Å². The Bertz CT molecular complexity index is 773. The summed E-state index contributed by atoms with van der Waals surface area (Å²) in [6.45, 7) is 0. The second-order valence-electron chi connectivity index (χ2n) is 8.43. The number of amides is 2. The van der Waals surface area contributed by atoms with Crippen molar-refractivity contribution in [3.8, 4) is 0 Å². The van der Waals surface area contributed by atoms with Crippen LogP contribution in [0.3, 0.4) is 0 Å². The van der Waals surface area contributed by atoms with Gasteiger partial charge in [0.25, 0.3) is 0 Å². The molecule has 2 aliphatic heterocycles. The Labute approximate surface area is 169 Å². The van der Waals surface area contributed by atoms with Gasteiger partial charge in [-0.15, -0.1) is 0 Å². The Kier molecular flexibility index (Phi) is 6.51. The lowest BCUT2D eigenvalue weighted by Gasteiger charge is -2.41. The topological polar surface area (TPSA) is 66.6 Å². The van der Waals surface area contributed by atoms with Crippen molar-refractivity contribution in [2.45, 2.75) is 63.1 Å². The van der Waals surface area contributed by atoms with Crippen molar-refractivity contribution in [3.63, 3.8) is 0 Å². The molecule has 4 atom stereocenters. The normalized spacial score (nSPS) is 24.5. The number of rotatable bonds is 6. The summed E-state index contributed by atoms with van der Waals surface area (Å²) in [5.74, 6) is -3.09. The molecule has 5 nitrogen and oxygen atoms in total. The number of hydrogen-bond donors (Lipinski definition) is 1. The summed E-state index contributed by atoms with van der Waals surface area (Å²) in [5, 5.41) is 0. The van der Waals surface area contributed by atoms with Gasteiger partial charge in [-0.25, -0.2) is 13.2 Å². The number of halogens is 3. The van der Waals surface area contributed by atoms with Crippen molar-refractivity contribution >= 4 is 11.8 Å². The molecule has 1 aromatic rings. The van der Waals surface area contributed by atoms with E-state index in [2.05, 4.69) is 0 Å². The highest BCUT2D eigenvalue weighted by atomic mass is 19.2. The lowest BCUT2D eigenvalue weighted by atomic mass is 9.82. The van der Waals surface area contributed by atoms with Crippen molar-refractivity contribution in [3.05, 3.63) is 35.1 Å². The molecule has 2 aliphatic rings. The average molecular weight is 411 g/mol. The zero-order valence-electron chi connectivity index (χ0n) is 16.8. The molecule has 0 unspecified atom stereocenters. The number of nitrogens with two attached hydrogens (primary N) is 1. The maximum Gasteiger partial charge on any atom is 0.223 e. The first-order valence-corrected chi connectivity index (χ1v) is 10.1. The molecule has 3 rings (SSSR count). The molecule has 2 saturated heterocycles. The standard InChI is InChI=1S/C21H28F3N3O2/c1-26(2)20(28)5-6-21(29)27-14-3-4-15(27)8-13(7-14)19(25)10-12-9-17(23)18(24)11-16(12)22/h9,11,13-15,19H,3-8,10,25H2,1-2H3/t13-,14-,15+,19-/m1/s1. The fourth-order valence-corrected chi connectivity index (χ4v) is 4.68. The molecule has 160 valence electrons. The van der Waals surface area contributed by atoms with Gasteiger partial charge in [-0.05, 0) is 49.7 Å². The van der Waals surface area contributed by atoms with E-state index in [4.69, 9.17) is 5.73 Å². The molecule has 2 heterocycles. The second-order valence-corrected chi connectivity index (χ2v) is 8.43. The minimum atomic E-state index is -1.21. The van der Waals surface area contributed by atoms with E-state index in [9.17, 15) is 22.8 Å². The molecule has 0 aliphatic carbocycles. The van der Waals surface area contributed by atoms with Gasteiger partial charge in [0, 0.05) is 51.1 Å². The van der Waals surface area contributed by atoms with Crippen LogP contribution in [-0.2, 0) is 16.0 Å². The maximum atomic E-state index is 14.0. The van der Waals surface area contributed by atoms with Crippen molar-refractivity contribution in [1.82, 2.24) is 9.80 Å². The van der Waals surface area contributed by atoms with Crippen LogP contribution in [0, 0.1) is 23.4 Å². The fourth-order valence-electron chi connectivity index (χ4n) is 4.68. The van der Waals surface area contributed by atoms with E-state index in [0.29, 0.717) is 18.9 Å². The van der Waals surface area contributed by atoms with E-state index in [1.54, 1.807) is 14.1 Å². The van der Waals surface area contributed by atoms with Crippen molar-refractivity contribution < 1.29 is 22.8 Å². The van der Waals surface area contributed by atoms with E-state index in [-0.39, 0.29) is 54.6 Å². The Morgan fingerprint density at radius 3 is 2.24 bits per heavy atom. The first-order valence-electron chi connectivity index (χ1n) is 10.1. The van der Waals surface area contributed by atoms with Gasteiger partial charge in [-0.1, -0.05) is 0 Å². The highest BCUT2D eigenvalue weighted by Gasteiger charge is 2.44. The molecule has 2 fully saturated rings. The number of fused-ring (bicyclic) bond motifs is 2. The van der Waals surface area contributed by atoms with E-state index < -0.39 is 23.5 Å². The third-order valence-electron chi connectivity index (χ3n) is 6.26. The Morgan fingerprint density at radius 2 is 1.66 bits per heavy atom. The van der Waals surface area contributed by atoms with Crippen molar-refractivity contribution in [1.29, 1.82) is 0 Å². The highest BCUT2D eigenvalue weighted by Crippen LogP contribution is 2.40. The van der Waals surface area contributed by atoms with Crippen LogP contribution in [0.1, 0.15) is 44.1 Å². The predicted octanol–water partition coefficient (Wildman–Crippen LogP) is 2.61. The second kappa shape index (κ2) is 8.73. The smallest absolute Gasteiger partial charge is 0.223 e. The van der Waals surface area contributed by atoms with Gasteiger partial charge in [0.15, 0.2) is 11.6 Å². The monoisotopic (exact) mass is 411 g/mol. The van der Waals surface area contributed by atoms with Crippen LogP contribution in [0.25, 0.3) is 0 Å². The molecular formula is C21H28F3N3O2. The highest BCUT2D eigenvalue weighted by molar-refractivity contribution is 5.84. The van der Waals surface area contributed by atoms with Crippen LogP contribution in [0.5, 0.6) is 0 Å². The van der Waals surface area contributed by atoms with Crippen molar-refractivity contribution in [2.75, 3.05) is 14.1 Å². The summed E-state index contributed by atoms with van der Waals surface area (Å²) >= 11 is 0. The van der Waals surface area contributed by atoms with E-state index in [1.807, 2.05) is 4.90 Å². The van der Waals surface area contributed by atoms with Gasteiger partial charge in [-0.3, -0.25) is 9.59 Å². The summed E-state index contributed by atoms with van der Waals surface area (Å²) in [6, 6.07) is 1.17. The molecule has 1 aromatic carbocycles. The SMILES string of the molecule is CN(C)C(=O)CCC(=O)N1[C@@H]2CC[C@H]1C[C@H]([C@H](N)Cc1cc(F)c(F)cc1F)C2. The van der Waals surface area contributed by atoms with Gasteiger partial charge in [-0.2, -0.15) is 0 Å². The molecular weight excluding hydrogens is 383 g/mol. The van der Waals surface area contributed by atoms with Crippen LogP contribution in [0.2, 0.25) is 0 Å². The minimum Gasteiger partial charge on any atom is -0.349 e. The van der Waals surface area contributed by atoms with Crippen molar-refractivity contribution in [2.24, 2.45) is 11.7 Å². The summed E-state index contributed by atoms with van der Waals surface area (Å²) in [7, 11) is 3.33. The molecule has 0 aromatic heterocycles. The molecule has 2 amide bonds. The summed E-state index contributed by atoms with van der Waals surface area (Å²) in [5.41, 5.74) is 6.38. The Balaban J connectivity index is 1.60. The molecule has 2 N–H and O–H groups in total. The first kappa shape index (κ1) is 21.6. The predicted molar refractivity (Wildman–Crippen MR) is 102 cm³/mol. The quantitative estimate of drug-likeness (QED) is 0.732. The fraction of sp³-hybridized carbons (Fsp3) is 0.619. The van der Waals surface area contributed by atoms with Gasteiger partial charge in [0.05, 0.1) is 0 Å². The Morgan fingerprint density at radius 1 is 1.07 bits per heavy atom. The molecule has 8 heteroatoms. The van der Waals surface area contributed by atoms with E-state index in [0.717, 1.165) is 18.9 Å². The van der Waals surface area contributed by atoms with Crippen LogP contribution in [-0.4, -0.2) is 53.8 Å². The van der Waals surface area contributed by atoms with Crippen LogP contribution >= 0.6 is 0 Å². The van der Waals surface area contributed by atoms with Crippen LogP contribution < -0.4 is 5.73 Å². The molecule has 29 heavy (non-hydrogen) atoms. The Hall–Kier alpha value is -2.09. The number of carbonyl (C=O) groups excluding carboxylic acids is 2. The zero-order valence-corrected chi connectivity index (χ0v) is 16.8. The third-order valence-corrected chi connectivity index (χ3v) is 6.26. The summed E-state index contributed by atoms with van der Waals surface area (Å²) < 4.78 is 40.5. The number of nitrogens with zero attached hydrogens (tertiary/aromatic N) is 2. The largest absolute Gasteiger partial charge is 0.349 e. The number of benzene rings is 1. The zero-order chi connectivity index (χ0) is 21.3. The minimum absolute atomic E-state index is 0.00799. The van der Waals surface area contributed by atoms with E-state index in [1.165, 1.54) is 4.90 Å². The van der Waals surface area contributed by atoms with Gasteiger partial charge in [0.2, 0.25) is 11.8 Å². The van der Waals surface area contributed by atoms with Gasteiger partial charge in [0.1, 0.15) is 5.82 Å². The average Bonchev–Trinajstić information content (AvgIpc) is 2.93. The van der Waals surface area contributed by atoms with E-state index >= 15 is 0 Å². The van der Waals surface area contributed by atoms with Crippen LogP contribution in [0.15, 0.2) is 12.1 Å². The lowest BCUT2D eigenvalue weighted by molar-refractivity contribution is -0.139. The van der Waals surface area contributed by atoms with Gasteiger partial charge >= 0.3 is 0 Å². The number of piperidine rings is 1. The van der Waals surface area contributed by atoms with Crippen LogP contribution in [0.4, 0.5) is 13.2 Å². The lowest BCUT2D eigenvalue weighted by Crippen LogP contribution is -2.50. The molecule has 0 spiro atoms. The summed E-state index contributed by atoms with van der Waals surface area (Å²) in [6.07, 6.45) is 3.70. The molecule has 0 radical (unpaired) electrons.